The van der Waals surface area contributed by atoms with Gasteiger partial charge in [0.25, 0.3) is 0 Å². The summed E-state index contributed by atoms with van der Waals surface area (Å²) in [5.74, 6) is 0.972. The van der Waals surface area contributed by atoms with E-state index in [0.29, 0.717) is 6.42 Å². The maximum Gasteiger partial charge on any atom is 0.170 e. The molecule has 136 valence electrons. The second-order valence-electron chi connectivity index (χ2n) is 7.89. The van der Waals surface area contributed by atoms with Crippen molar-refractivity contribution >= 4 is 16.7 Å². The summed E-state index contributed by atoms with van der Waals surface area (Å²) in [6, 6.07) is 16.2. The van der Waals surface area contributed by atoms with Gasteiger partial charge in [0.1, 0.15) is 11.4 Å². The van der Waals surface area contributed by atoms with E-state index in [1.165, 1.54) is 12.8 Å². The van der Waals surface area contributed by atoms with Gasteiger partial charge in [-0.15, -0.1) is 0 Å². The minimum Gasteiger partial charge on any atom is -0.486 e. The second-order valence-corrected chi connectivity index (χ2v) is 7.89. The number of fused-ring (bicyclic) bond motifs is 2. The molecular weight excluding hydrogens is 334 g/mol. The molecule has 0 amide bonds. The molecule has 0 bridgehead atoms. The molecule has 1 aliphatic heterocycles. The van der Waals surface area contributed by atoms with Gasteiger partial charge in [-0.25, -0.2) is 0 Å². The number of pyridine rings is 1. The first-order chi connectivity index (χ1) is 13.2. The van der Waals surface area contributed by atoms with Crippen molar-refractivity contribution in [2.75, 3.05) is 0 Å². The van der Waals surface area contributed by atoms with Crippen molar-refractivity contribution in [1.29, 1.82) is 0 Å². The van der Waals surface area contributed by atoms with Gasteiger partial charge in [0.15, 0.2) is 5.78 Å². The van der Waals surface area contributed by atoms with Crippen molar-refractivity contribution in [2.24, 2.45) is 0 Å². The van der Waals surface area contributed by atoms with E-state index in [4.69, 9.17) is 4.74 Å². The summed E-state index contributed by atoms with van der Waals surface area (Å²) in [6.07, 6.45) is 9.10. The monoisotopic (exact) mass is 357 g/mol. The van der Waals surface area contributed by atoms with Crippen LogP contribution in [-0.4, -0.2) is 16.4 Å². The van der Waals surface area contributed by atoms with Gasteiger partial charge in [-0.2, -0.15) is 0 Å². The number of ketones is 1. The molecule has 1 fully saturated rings. The zero-order valence-electron chi connectivity index (χ0n) is 15.4. The smallest absolute Gasteiger partial charge is 0.170 e. The molecule has 1 aromatic heterocycles. The molecule has 0 N–H and O–H groups in total. The number of aromatic nitrogens is 1. The van der Waals surface area contributed by atoms with Crippen LogP contribution in [0.1, 0.15) is 55.3 Å². The van der Waals surface area contributed by atoms with E-state index < -0.39 is 0 Å². The topological polar surface area (TPSA) is 39.2 Å². The Morgan fingerprint density at radius 3 is 2.56 bits per heavy atom. The number of Topliss-reactive ketones (excluding diaryl/α,β-unsaturated/α-hetero) is 1. The molecule has 5 rings (SSSR count). The summed E-state index contributed by atoms with van der Waals surface area (Å²) in [5, 5.41) is 1.12. The van der Waals surface area contributed by atoms with Crippen LogP contribution in [0.2, 0.25) is 0 Å². The summed E-state index contributed by atoms with van der Waals surface area (Å²) >= 11 is 0. The summed E-state index contributed by atoms with van der Waals surface area (Å²) in [4.78, 5) is 17.4. The molecule has 27 heavy (non-hydrogen) atoms. The molecule has 0 saturated heterocycles. The lowest BCUT2D eigenvalue weighted by Gasteiger charge is -2.37. The van der Waals surface area contributed by atoms with E-state index in [0.717, 1.165) is 59.0 Å². The molecule has 3 nitrogen and oxygen atoms in total. The fourth-order valence-electron chi connectivity index (χ4n) is 4.65. The third-order valence-corrected chi connectivity index (χ3v) is 6.05. The van der Waals surface area contributed by atoms with Gasteiger partial charge in [-0.3, -0.25) is 9.78 Å². The van der Waals surface area contributed by atoms with Crippen LogP contribution in [0.15, 0.2) is 54.7 Å². The van der Waals surface area contributed by atoms with Crippen LogP contribution in [0.4, 0.5) is 0 Å². The summed E-state index contributed by atoms with van der Waals surface area (Å²) < 4.78 is 6.54. The van der Waals surface area contributed by atoms with Gasteiger partial charge in [-0.05, 0) is 49.4 Å². The predicted octanol–water partition coefficient (Wildman–Crippen LogP) is 5.96. The van der Waals surface area contributed by atoms with Crippen LogP contribution < -0.4 is 4.74 Å². The first-order valence-corrected chi connectivity index (χ1v) is 9.95. The van der Waals surface area contributed by atoms with Crippen LogP contribution in [0.5, 0.6) is 5.75 Å². The Labute approximate surface area is 159 Å². The highest BCUT2D eigenvalue weighted by molar-refractivity contribution is 6.02. The van der Waals surface area contributed by atoms with Gasteiger partial charge < -0.3 is 4.74 Å². The Kier molecular flexibility index (Phi) is 3.96. The zero-order valence-corrected chi connectivity index (χ0v) is 15.4. The Bertz CT molecular complexity index is 1010. The molecule has 1 aliphatic carbocycles. The Morgan fingerprint density at radius 2 is 1.70 bits per heavy atom. The van der Waals surface area contributed by atoms with Crippen LogP contribution in [0, 0.1) is 0 Å². The lowest BCUT2D eigenvalue weighted by atomic mass is 9.83. The van der Waals surface area contributed by atoms with Gasteiger partial charge in [-0.1, -0.05) is 43.2 Å². The van der Waals surface area contributed by atoms with Crippen molar-refractivity contribution in [3.63, 3.8) is 0 Å². The molecule has 0 atom stereocenters. The van der Waals surface area contributed by atoms with E-state index >= 15 is 0 Å². The first-order valence-electron chi connectivity index (χ1n) is 9.95. The Hall–Kier alpha value is -2.68. The standard InChI is InChI=1S/C24H23NO2/c26-21-16-24(12-3-1-2-4-13-24)27-22-15-18(10-11-20(21)22)19-9-5-7-17-8-6-14-25-23(17)19/h5-11,14-15H,1-4,12-13,16H2. The van der Waals surface area contributed by atoms with Crippen LogP contribution in [-0.2, 0) is 0 Å². The van der Waals surface area contributed by atoms with E-state index in [9.17, 15) is 4.79 Å². The minimum atomic E-state index is -0.295. The summed E-state index contributed by atoms with van der Waals surface area (Å²) in [5.41, 5.74) is 3.54. The fourth-order valence-corrected chi connectivity index (χ4v) is 4.65. The number of benzene rings is 2. The number of carbonyl (C=O) groups is 1. The lowest BCUT2D eigenvalue weighted by Crippen LogP contribution is -2.41. The minimum absolute atomic E-state index is 0.223. The number of ether oxygens (including phenoxy) is 1. The molecule has 2 heterocycles. The number of hydrogen-bond acceptors (Lipinski definition) is 3. The van der Waals surface area contributed by atoms with Crippen molar-refractivity contribution in [1.82, 2.24) is 4.98 Å². The first kappa shape index (κ1) is 16.5. The molecule has 3 aromatic rings. The van der Waals surface area contributed by atoms with Crippen molar-refractivity contribution in [3.05, 3.63) is 60.3 Å². The molecule has 1 saturated carbocycles. The molecule has 3 heteroatoms. The highest BCUT2D eigenvalue weighted by atomic mass is 16.5. The molecule has 1 spiro atoms. The number of hydrogen-bond donors (Lipinski definition) is 0. The fraction of sp³-hybridized carbons (Fsp3) is 0.333. The zero-order chi connectivity index (χ0) is 18.3. The molecule has 0 unspecified atom stereocenters. The maximum absolute atomic E-state index is 12.8. The number of rotatable bonds is 1. The van der Waals surface area contributed by atoms with Crippen LogP contribution in [0.3, 0.4) is 0 Å². The van der Waals surface area contributed by atoms with E-state index in [1.807, 2.05) is 30.5 Å². The van der Waals surface area contributed by atoms with Crippen molar-refractivity contribution < 1.29 is 9.53 Å². The normalized spacial score (nSPS) is 18.7. The molecule has 2 aliphatic rings. The summed E-state index contributed by atoms with van der Waals surface area (Å²) in [7, 11) is 0. The highest BCUT2D eigenvalue weighted by Gasteiger charge is 2.40. The average molecular weight is 357 g/mol. The van der Waals surface area contributed by atoms with Crippen LogP contribution >= 0.6 is 0 Å². The quantitative estimate of drug-likeness (QED) is 0.539. The van der Waals surface area contributed by atoms with E-state index in [-0.39, 0.29) is 11.4 Å². The second kappa shape index (κ2) is 6.49. The van der Waals surface area contributed by atoms with E-state index in [1.54, 1.807) is 0 Å². The number of nitrogens with zero attached hydrogens (tertiary/aromatic N) is 1. The Balaban J connectivity index is 1.59. The van der Waals surface area contributed by atoms with Gasteiger partial charge in [0.05, 0.1) is 17.5 Å². The van der Waals surface area contributed by atoms with Crippen molar-refractivity contribution in [2.45, 2.75) is 50.5 Å². The number of carbonyl (C=O) groups excluding carboxylic acids is 1. The van der Waals surface area contributed by atoms with Gasteiger partial charge in [0, 0.05) is 17.1 Å². The van der Waals surface area contributed by atoms with Gasteiger partial charge >= 0.3 is 0 Å². The Morgan fingerprint density at radius 1 is 0.889 bits per heavy atom. The predicted molar refractivity (Wildman–Crippen MR) is 107 cm³/mol. The molecule has 0 radical (unpaired) electrons. The highest BCUT2D eigenvalue weighted by Crippen LogP contribution is 2.42. The molecular formula is C24H23NO2. The lowest BCUT2D eigenvalue weighted by molar-refractivity contribution is 0.0298. The summed E-state index contributed by atoms with van der Waals surface area (Å²) in [6.45, 7) is 0. The third-order valence-electron chi connectivity index (χ3n) is 6.05. The largest absolute Gasteiger partial charge is 0.486 e. The van der Waals surface area contributed by atoms with Gasteiger partial charge in [0.2, 0.25) is 0 Å². The molecule has 2 aromatic carbocycles. The average Bonchev–Trinajstić information content (AvgIpc) is 2.92. The number of para-hydroxylation sites is 1. The SMILES string of the molecule is O=C1CC2(CCCCCC2)Oc2cc(-c3cccc4cccnc34)ccc21. The van der Waals surface area contributed by atoms with Crippen LogP contribution in [0.25, 0.3) is 22.0 Å². The maximum atomic E-state index is 12.8. The third kappa shape index (κ3) is 2.91. The van der Waals surface area contributed by atoms with Crippen molar-refractivity contribution in [3.8, 4) is 16.9 Å². The van der Waals surface area contributed by atoms with E-state index in [2.05, 4.69) is 29.2 Å².